The molecule has 1 aromatic carbocycles. The highest BCUT2D eigenvalue weighted by Gasteiger charge is 2.36. The maximum Gasteiger partial charge on any atom is 0.311 e. The second-order valence-corrected chi connectivity index (χ2v) is 4.65. The van der Waals surface area contributed by atoms with E-state index in [1.165, 1.54) is 19.1 Å². The van der Waals surface area contributed by atoms with Crippen molar-refractivity contribution in [3.63, 3.8) is 0 Å². The number of carbonyl (C=O) groups excluding carboxylic acids is 2. The summed E-state index contributed by atoms with van der Waals surface area (Å²) < 4.78 is 9.78. The van der Waals surface area contributed by atoms with Gasteiger partial charge < -0.3 is 14.4 Å². The molecule has 1 amide bonds. The van der Waals surface area contributed by atoms with Gasteiger partial charge in [0.25, 0.3) is 0 Å². The van der Waals surface area contributed by atoms with Crippen LogP contribution in [0.1, 0.15) is 6.42 Å². The minimum absolute atomic E-state index is 0.139. The fraction of sp³-hybridized carbons (Fsp3) is 0.385. The Morgan fingerprint density at radius 1 is 1.42 bits per heavy atom. The summed E-state index contributed by atoms with van der Waals surface area (Å²) in [5.41, 5.74) is 0.553. The van der Waals surface area contributed by atoms with E-state index < -0.39 is 5.92 Å². The fourth-order valence-corrected chi connectivity index (χ4v) is 2.31. The Balaban J connectivity index is 2.27. The standard InChI is InChI=1S/C13H14ClNO4/c1-18-9-3-4-10(14)11(6-9)15-7-8(5-12(15)16)13(17)19-2/h3-4,6,8H,5,7H2,1-2H3. The molecule has 1 aliphatic heterocycles. The molecule has 1 aliphatic rings. The molecule has 0 N–H and O–H groups in total. The summed E-state index contributed by atoms with van der Waals surface area (Å²) in [7, 11) is 2.85. The molecule has 1 saturated heterocycles. The lowest BCUT2D eigenvalue weighted by Gasteiger charge is -2.18. The topological polar surface area (TPSA) is 55.8 Å². The fourth-order valence-electron chi connectivity index (χ4n) is 2.09. The van der Waals surface area contributed by atoms with Crippen molar-refractivity contribution in [1.82, 2.24) is 0 Å². The predicted molar refractivity (Wildman–Crippen MR) is 70.5 cm³/mol. The van der Waals surface area contributed by atoms with Gasteiger partial charge in [-0.25, -0.2) is 0 Å². The number of anilines is 1. The summed E-state index contributed by atoms with van der Waals surface area (Å²) >= 11 is 6.09. The van der Waals surface area contributed by atoms with Crippen LogP contribution in [0.15, 0.2) is 18.2 Å². The number of hydrogen-bond donors (Lipinski definition) is 0. The molecule has 0 aliphatic carbocycles. The summed E-state index contributed by atoms with van der Waals surface area (Å²) in [6.45, 7) is 0.276. The zero-order valence-electron chi connectivity index (χ0n) is 10.7. The van der Waals surface area contributed by atoms with Crippen LogP contribution in [-0.4, -0.2) is 32.6 Å². The van der Waals surface area contributed by atoms with Crippen molar-refractivity contribution in [3.05, 3.63) is 23.2 Å². The number of nitrogens with zero attached hydrogens (tertiary/aromatic N) is 1. The number of benzene rings is 1. The smallest absolute Gasteiger partial charge is 0.311 e. The third kappa shape index (κ3) is 2.66. The first-order chi connectivity index (χ1) is 9.06. The second-order valence-electron chi connectivity index (χ2n) is 4.25. The van der Waals surface area contributed by atoms with Crippen molar-refractivity contribution >= 4 is 29.2 Å². The Morgan fingerprint density at radius 3 is 2.79 bits per heavy atom. The molecule has 0 aromatic heterocycles. The first-order valence-corrected chi connectivity index (χ1v) is 6.16. The highest BCUT2D eigenvalue weighted by Crippen LogP contribution is 2.34. The third-order valence-electron chi connectivity index (χ3n) is 3.10. The molecule has 1 heterocycles. The summed E-state index contributed by atoms with van der Waals surface area (Å²) in [6.07, 6.45) is 0.139. The van der Waals surface area contributed by atoms with Crippen LogP contribution >= 0.6 is 11.6 Å². The average molecular weight is 284 g/mol. The van der Waals surface area contributed by atoms with E-state index in [0.717, 1.165) is 0 Å². The third-order valence-corrected chi connectivity index (χ3v) is 3.42. The molecule has 0 saturated carbocycles. The van der Waals surface area contributed by atoms with E-state index in [9.17, 15) is 9.59 Å². The Kier molecular flexibility index (Phi) is 3.95. The molecule has 19 heavy (non-hydrogen) atoms. The zero-order chi connectivity index (χ0) is 14.0. The van der Waals surface area contributed by atoms with Gasteiger partial charge in [0.1, 0.15) is 5.75 Å². The minimum Gasteiger partial charge on any atom is -0.497 e. The van der Waals surface area contributed by atoms with E-state index in [4.69, 9.17) is 16.3 Å². The van der Waals surface area contributed by atoms with E-state index in [1.807, 2.05) is 0 Å². The lowest BCUT2D eigenvalue weighted by molar-refractivity contribution is -0.145. The minimum atomic E-state index is -0.445. The van der Waals surface area contributed by atoms with E-state index in [2.05, 4.69) is 4.74 Å². The van der Waals surface area contributed by atoms with Gasteiger partial charge >= 0.3 is 5.97 Å². The number of hydrogen-bond acceptors (Lipinski definition) is 4. The predicted octanol–water partition coefficient (Wildman–Crippen LogP) is 1.87. The number of rotatable bonds is 3. The number of halogens is 1. The van der Waals surface area contributed by atoms with Crippen LogP contribution in [0.25, 0.3) is 0 Å². The van der Waals surface area contributed by atoms with Gasteiger partial charge in [-0.05, 0) is 12.1 Å². The molecule has 1 aromatic rings. The molecule has 0 spiro atoms. The molecule has 5 nitrogen and oxygen atoms in total. The molecule has 1 unspecified atom stereocenters. The number of carbonyl (C=O) groups is 2. The summed E-state index contributed by atoms with van der Waals surface area (Å²) in [6, 6.07) is 5.05. The van der Waals surface area contributed by atoms with Crippen LogP contribution in [0.5, 0.6) is 5.75 Å². The molecule has 1 atom stereocenters. The second kappa shape index (κ2) is 5.48. The molecule has 2 rings (SSSR count). The van der Waals surface area contributed by atoms with Crippen LogP contribution in [0, 0.1) is 5.92 Å². The summed E-state index contributed by atoms with van der Waals surface area (Å²) in [5.74, 6) is -0.367. The molecule has 102 valence electrons. The van der Waals surface area contributed by atoms with E-state index in [-0.39, 0.29) is 24.8 Å². The van der Waals surface area contributed by atoms with E-state index >= 15 is 0 Å². The Morgan fingerprint density at radius 2 is 2.16 bits per heavy atom. The van der Waals surface area contributed by atoms with Crippen LogP contribution in [0.4, 0.5) is 5.69 Å². The van der Waals surface area contributed by atoms with Gasteiger partial charge in [0.2, 0.25) is 5.91 Å². The Hall–Kier alpha value is -1.75. The highest BCUT2D eigenvalue weighted by molar-refractivity contribution is 6.34. The van der Waals surface area contributed by atoms with E-state index in [0.29, 0.717) is 16.5 Å². The molecular formula is C13H14ClNO4. The van der Waals surface area contributed by atoms with Gasteiger partial charge in [-0.3, -0.25) is 9.59 Å². The molecule has 1 fully saturated rings. The molecular weight excluding hydrogens is 270 g/mol. The molecule has 6 heteroatoms. The Labute approximate surface area is 116 Å². The number of methoxy groups -OCH3 is 2. The molecule has 0 bridgehead atoms. The van der Waals surface area contributed by atoms with Gasteiger partial charge in [-0.2, -0.15) is 0 Å². The van der Waals surface area contributed by atoms with Gasteiger partial charge in [-0.15, -0.1) is 0 Å². The average Bonchev–Trinajstić information content (AvgIpc) is 2.80. The van der Waals surface area contributed by atoms with E-state index in [1.54, 1.807) is 18.2 Å². The van der Waals surface area contributed by atoms with Crippen molar-refractivity contribution in [2.45, 2.75) is 6.42 Å². The zero-order valence-corrected chi connectivity index (χ0v) is 11.4. The number of ether oxygens (including phenoxy) is 2. The van der Waals surface area contributed by atoms with Crippen molar-refractivity contribution in [2.24, 2.45) is 5.92 Å². The van der Waals surface area contributed by atoms with Crippen LogP contribution in [0.2, 0.25) is 5.02 Å². The number of esters is 1. The first kappa shape index (κ1) is 13.7. The van der Waals surface area contributed by atoms with Crippen molar-refractivity contribution in [2.75, 3.05) is 25.7 Å². The monoisotopic (exact) mass is 283 g/mol. The summed E-state index contributed by atoms with van der Waals surface area (Å²) in [4.78, 5) is 25.0. The quantitative estimate of drug-likeness (QED) is 0.795. The summed E-state index contributed by atoms with van der Waals surface area (Å²) in [5, 5.41) is 0.444. The lowest BCUT2D eigenvalue weighted by Crippen LogP contribution is -2.26. The molecule has 0 radical (unpaired) electrons. The van der Waals surface area contributed by atoms with Gasteiger partial charge in [-0.1, -0.05) is 11.6 Å². The van der Waals surface area contributed by atoms with Crippen molar-refractivity contribution < 1.29 is 19.1 Å². The normalized spacial score (nSPS) is 18.6. The van der Waals surface area contributed by atoms with Crippen LogP contribution in [0.3, 0.4) is 0 Å². The van der Waals surface area contributed by atoms with Gasteiger partial charge in [0.05, 0.1) is 30.8 Å². The lowest BCUT2D eigenvalue weighted by atomic mass is 10.1. The van der Waals surface area contributed by atoms with Crippen molar-refractivity contribution in [1.29, 1.82) is 0 Å². The van der Waals surface area contributed by atoms with Crippen LogP contribution < -0.4 is 9.64 Å². The van der Waals surface area contributed by atoms with Crippen LogP contribution in [-0.2, 0) is 14.3 Å². The maximum atomic E-state index is 12.0. The highest BCUT2D eigenvalue weighted by atomic mass is 35.5. The van der Waals surface area contributed by atoms with Crippen molar-refractivity contribution in [3.8, 4) is 5.75 Å². The largest absolute Gasteiger partial charge is 0.497 e. The first-order valence-electron chi connectivity index (χ1n) is 5.78. The van der Waals surface area contributed by atoms with Gasteiger partial charge in [0.15, 0.2) is 0 Å². The number of amides is 1. The van der Waals surface area contributed by atoms with Gasteiger partial charge in [0, 0.05) is 19.0 Å². The SMILES string of the molecule is COC(=O)C1CC(=O)N(c2cc(OC)ccc2Cl)C1. The Bertz CT molecular complexity index is 517. The maximum absolute atomic E-state index is 12.0.